The van der Waals surface area contributed by atoms with E-state index < -0.39 is 0 Å². The molecular weight excluding hydrogens is 411 g/mol. The highest BCUT2D eigenvalue weighted by molar-refractivity contribution is 6.14. The third kappa shape index (κ3) is 3.56. The number of rotatable bonds is 4. The number of halogens is 1. The summed E-state index contributed by atoms with van der Waals surface area (Å²) in [5.41, 5.74) is 8.22. The molecule has 0 aliphatic carbocycles. The molecule has 1 aromatic carbocycles. The molecule has 9 nitrogen and oxygen atoms in total. The fourth-order valence-corrected chi connectivity index (χ4v) is 4.19. The first-order valence-electron chi connectivity index (χ1n) is 10.6. The predicted octanol–water partition coefficient (Wildman–Crippen LogP) is 3.36. The molecule has 32 heavy (non-hydrogen) atoms. The van der Waals surface area contributed by atoms with Gasteiger partial charge < -0.3 is 25.7 Å². The molecule has 1 fully saturated rings. The van der Waals surface area contributed by atoms with Crippen molar-refractivity contribution in [3.8, 4) is 11.8 Å². The van der Waals surface area contributed by atoms with Crippen molar-refractivity contribution in [1.29, 1.82) is 0 Å². The second-order valence-electron chi connectivity index (χ2n) is 8.25. The molecule has 0 bridgehead atoms. The van der Waals surface area contributed by atoms with Gasteiger partial charge >= 0.3 is 6.01 Å². The first kappa shape index (κ1) is 20.4. The molecule has 0 amide bonds. The van der Waals surface area contributed by atoms with Crippen LogP contribution in [0.2, 0.25) is 0 Å². The third-order valence-electron chi connectivity index (χ3n) is 5.99. The maximum absolute atomic E-state index is 14.4. The van der Waals surface area contributed by atoms with Gasteiger partial charge in [0.05, 0.1) is 29.0 Å². The Labute approximate surface area is 184 Å². The van der Waals surface area contributed by atoms with Crippen molar-refractivity contribution in [3.63, 3.8) is 0 Å². The van der Waals surface area contributed by atoms with Gasteiger partial charge in [0.15, 0.2) is 5.75 Å². The van der Waals surface area contributed by atoms with Gasteiger partial charge in [-0.15, -0.1) is 0 Å². The van der Waals surface area contributed by atoms with E-state index in [2.05, 4.69) is 37.1 Å². The molecule has 0 saturated carbocycles. The summed E-state index contributed by atoms with van der Waals surface area (Å²) in [6.45, 7) is 5.41. The molecular formula is C22H25FN8O. The van der Waals surface area contributed by atoms with Crippen LogP contribution >= 0.6 is 0 Å². The van der Waals surface area contributed by atoms with E-state index in [1.54, 1.807) is 26.4 Å². The topological polar surface area (TPSA) is 118 Å². The largest absolute Gasteiger partial charge is 0.421 e. The van der Waals surface area contributed by atoms with Crippen molar-refractivity contribution in [3.05, 3.63) is 36.2 Å². The van der Waals surface area contributed by atoms with E-state index in [0.29, 0.717) is 40.0 Å². The van der Waals surface area contributed by atoms with Crippen molar-refractivity contribution in [2.75, 3.05) is 30.4 Å². The zero-order valence-corrected chi connectivity index (χ0v) is 18.2. The zero-order chi connectivity index (χ0) is 22.4. The number of hydrogen-bond donors (Lipinski definition) is 3. The first-order valence-corrected chi connectivity index (χ1v) is 10.6. The number of fused-ring (bicyclic) bond motifs is 3. The lowest BCUT2D eigenvalue weighted by Gasteiger charge is -2.36. The second-order valence-corrected chi connectivity index (χ2v) is 8.25. The van der Waals surface area contributed by atoms with Gasteiger partial charge in [0.25, 0.3) is 0 Å². The summed E-state index contributed by atoms with van der Waals surface area (Å²) >= 11 is 0. The molecule has 1 aliphatic rings. The van der Waals surface area contributed by atoms with Crippen LogP contribution in [-0.2, 0) is 0 Å². The Balaban J connectivity index is 1.70. The van der Waals surface area contributed by atoms with Crippen molar-refractivity contribution in [1.82, 2.24) is 24.9 Å². The van der Waals surface area contributed by atoms with Crippen molar-refractivity contribution in [2.24, 2.45) is 11.7 Å². The lowest BCUT2D eigenvalue weighted by molar-refractivity contribution is 0.380. The van der Waals surface area contributed by atoms with E-state index in [1.165, 1.54) is 12.1 Å². The molecule has 1 saturated heterocycles. The number of aromatic nitrogens is 5. The van der Waals surface area contributed by atoms with Gasteiger partial charge in [-0.05, 0) is 31.4 Å². The average molecular weight is 436 g/mol. The molecule has 0 radical (unpaired) electrons. The number of H-pyrrole nitrogens is 1. The molecule has 10 heteroatoms. The zero-order valence-electron chi connectivity index (χ0n) is 18.2. The number of aryl methyl sites for hydroxylation is 1. The van der Waals surface area contributed by atoms with E-state index >= 15 is 0 Å². The number of hydrogen-bond acceptors (Lipinski definition) is 8. The Morgan fingerprint density at radius 3 is 2.75 bits per heavy atom. The number of ether oxygens (including phenoxy) is 1. The summed E-state index contributed by atoms with van der Waals surface area (Å²) in [4.78, 5) is 23.1. The molecule has 2 atom stereocenters. The smallest absolute Gasteiger partial charge is 0.326 e. The molecule has 5 rings (SSSR count). The van der Waals surface area contributed by atoms with Gasteiger partial charge in [-0.1, -0.05) is 6.92 Å². The highest BCUT2D eigenvalue weighted by Crippen LogP contribution is 2.38. The summed E-state index contributed by atoms with van der Waals surface area (Å²) < 4.78 is 20.3. The quantitative estimate of drug-likeness (QED) is 0.446. The van der Waals surface area contributed by atoms with E-state index in [0.717, 1.165) is 30.4 Å². The van der Waals surface area contributed by atoms with Crippen molar-refractivity contribution >= 4 is 33.4 Å². The summed E-state index contributed by atoms with van der Waals surface area (Å²) in [5.74, 6) is 1.73. The standard InChI is InChI=1S/C22H25FN8O/c1-11-10-31(5-4-16(11)24)21-18-15-6-13(23)7-17(25-3)19(15)28-20(18)29-22(30-21)32-14-8-26-12(2)27-9-14/h6-9,11,16,25H,4-5,10,24H2,1-3H3,(H,28,29,30)/t11-,16?/m1/s1. The number of aromatic amines is 1. The minimum atomic E-state index is -0.333. The Morgan fingerprint density at radius 1 is 1.25 bits per heavy atom. The molecule has 1 unspecified atom stereocenters. The number of benzene rings is 1. The number of nitrogens with zero attached hydrogens (tertiary/aromatic N) is 5. The Hall–Kier alpha value is -3.53. The molecule has 4 N–H and O–H groups in total. The molecule has 166 valence electrons. The van der Waals surface area contributed by atoms with Crippen LogP contribution in [0.3, 0.4) is 0 Å². The van der Waals surface area contributed by atoms with Gasteiger partial charge in [-0.25, -0.2) is 14.4 Å². The Morgan fingerprint density at radius 2 is 2.03 bits per heavy atom. The molecule has 3 aromatic heterocycles. The van der Waals surface area contributed by atoms with Crippen LogP contribution in [0.1, 0.15) is 19.2 Å². The van der Waals surface area contributed by atoms with Gasteiger partial charge in [0.1, 0.15) is 23.1 Å². The highest BCUT2D eigenvalue weighted by atomic mass is 19.1. The van der Waals surface area contributed by atoms with Crippen molar-refractivity contribution in [2.45, 2.75) is 26.3 Å². The van der Waals surface area contributed by atoms with E-state index in [1.807, 2.05) is 0 Å². The van der Waals surface area contributed by atoms with Crippen molar-refractivity contribution < 1.29 is 9.13 Å². The first-order chi connectivity index (χ1) is 15.4. The average Bonchev–Trinajstić information content (AvgIpc) is 3.14. The highest BCUT2D eigenvalue weighted by Gasteiger charge is 2.28. The normalized spacial score (nSPS) is 19.0. The van der Waals surface area contributed by atoms with E-state index in [4.69, 9.17) is 15.5 Å². The minimum Gasteiger partial charge on any atom is -0.421 e. The summed E-state index contributed by atoms with van der Waals surface area (Å²) in [6, 6.07) is 3.27. The summed E-state index contributed by atoms with van der Waals surface area (Å²) in [7, 11) is 1.76. The SMILES string of the molecule is CNc1cc(F)cc2c1[nH]c1nc(Oc3cnc(C)nc3)nc(N3CCC(N)[C@H](C)C3)c12. The van der Waals surface area contributed by atoms with Crippen LogP contribution in [0.15, 0.2) is 24.5 Å². The maximum atomic E-state index is 14.4. The molecule has 0 spiro atoms. The summed E-state index contributed by atoms with van der Waals surface area (Å²) in [6.07, 6.45) is 4.00. The van der Waals surface area contributed by atoms with Crippen LogP contribution in [0.5, 0.6) is 11.8 Å². The number of piperidine rings is 1. The third-order valence-corrected chi connectivity index (χ3v) is 5.99. The van der Waals surface area contributed by atoms with Gasteiger partial charge in [0, 0.05) is 31.6 Å². The second kappa shape index (κ2) is 7.86. The maximum Gasteiger partial charge on any atom is 0.326 e. The Kier molecular flexibility index (Phi) is 5.01. The molecule has 1 aliphatic heterocycles. The fraction of sp³-hybridized carbons (Fsp3) is 0.364. The summed E-state index contributed by atoms with van der Waals surface area (Å²) in [5, 5.41) is 4.52. The van der Waals surface area contributed by atoms with Gasteiger partial charge in [-0.2, -0.15) is 9.97 Å². The van der Waals surface area contributed by atoms with Gasteiger partial charge in [0.2, 0.25) is 0 Å². The number of anilines is 2. The van der Waals surface area contributed by atoms with Crippen LogP contribution in [0.4, 0.5) is 15.9 Å². The van der Waals surface area contributed by atoms with Crippen LogP contribution < -0.4 is 20.7 Å². The van der Waals surface area contributed by atoms with Crippen LogP contribution in [-0.4, -0.2) is 51.1 Å². The molecule has 4 aromatic rings. The lowest BCUT2D eigenvalue weighted by Crippen LogP contribution is -2.46. The Bertz CT molecular complexity index is 1290. The minimum absolute atomic E-state index is 0.139. The van der Waals surface area contributed by atoms with E-state index in [9.17, 15) is 4.39 Å². The number of nitrogens with two attached hydrogens (primary N) is 1. The molecule has 4 heterocycles. The van der Waals surface area contributed by atoms with Gasteiger partial charge in [-0.3, -0.25) is 0 Å². The fourth-order valence-electron chi connectivity index (χ4n) is 4.19. The predicted molar refractivity (Wildman–Crippen MR) is 122 cm³/mol. The van der Waals surface area contributed by atoms with Crippen LogP contribution in [0, 0.1) is 18.7 Å². The number of nitrogens with one attached hydrogen (secondary N) is 2. The lowest BCUT2D eigenvalue weighted by atomic mass is 9.94. The van der Waals surface area contributed by atoms with E-state index in [-0.39, 0.29) is 17.9 Å². The van der Waals surface area contributed by atoms with Crippen LogP contribution in [0.25, 0.3) is 21.9 Å². The monoisotopic (exact) mass is 436 g/mol.